The molecule has 0 rings (SSSR count). The molecule has 9 heavy (non-hydrogen) atoms. The van der Waals surface area contributed by atoms with Crippen molar-refractivity contribution >= 4 is 12.1 Å². The molecule has 0 fully saturated rings. The van der Waals surface area contributed by atoms with Crippen LogP contribution in [0.15, 0.2) is 12.2 Å². The van der Waals surface area contributed by atoms with Crippen LogP contribution in [-0.2, 0) is 9.59 Å². The molecule has 0 aromatic heterocycles. The summed E-state index contributed by atoms with van der Waals surface area (Å²) in [6.45, 7) is 2.01. The van der Waals surface area contributed by atoms with Crippen LogP contribution in [0.3, 0.4) is 0 Å². The van der Waals surface area contributed by atoms with Gasteiger partial charge >= 0.3 is 0 Å². The molecule has 0 saturated carbocycles. The Bertz CT molecular complexity index is 125. The lowest BCUT2D eigenvalue weighted by Crippen LogP contribution is -1.90. The Hall–Kier alpha value is -0.920. The summed E-state index contributed by atoms with van der Waals surface area (Å²) < 4.78 is 0. The Kier molecular flexibility index (Phi) is 4.69. The van der Waals surface area contributed by atoms with Crippen molar-refractivity contribution < 1.29 is 9.59 Å². The van der Waals surface area contributed by atoms with Crippen molar-refractivity contribution in [2.75, 3.05) is 0 Å². The summed E-state index contributed by atoms with van der Waals surface area (Å²) in [5.74, 6) is -0.455. The van der Waals surface area contributed by atoms with E-state index in [0.717, 1.165) is 12.8 Å². The number of rotatable bonds is 4. The molecule has 0 aliphatic rings. The number of unbranched alkanes of at least 4 members (excludes halogenated alkanes) is 1. The van der Waals surface area contributed by atoms with Crippen molar-refractivity contribution in [1.29, 1.82) is 0 Å². The monoisotopic (exact) mass is 126 g/mol. The van der Waals surface area contributed by atoms with Gasteiger partial charge in [0.25, 0.3) is 0 Å². The fourth-order valence-electron chi connectivity index (χ4n) is 0.405. The zero-order valence-electron chi connectivity index (χ0n) is 5.46. The predicted octanol–water partition coefficient (Wildman–Crippen LogP) is 1.11. The lowest BCUT2D eigenvalue weighted by Gasteiger charge is -1.79. The van der Waals surface area contributed by atoms with Crippen LogP contribution < -0.4 is 0 Å². The summed E-state index contributed by atoms with van der Waals surface area (Å²) in [6.07, 6.45) is 5.18. The van der Waals surface area contributed by atoms with Crippen LogP contribution >= 0.6 is 0 Å². The standard InChI is InChI=1S/C7H10O2/c1-2-3-4-5-7(9)6-8/h4-6H,2-3H2,1H3. The first-order valence-electron chi connectivity index (χ1n) is 2.97. The van der Waals surface area contributed by atoms with E-state index in [0.29, 0.717) is 6.29 Å². The quantitative estimate of drug-likeness (QED) is 0.321. The zero-order valence-corrected chi connectivity index (χ0v) is 5.46. The molecule has 0 aromatic carbocycles. The van der Waals surface area contributed by atoms with Gasteiger partial charge in [-0.15, -0.1) is 0 Å². The molecule has 0 atom stereocenters. The van der Waals surface area contributed by atoms with Gasteiger partial charge in [-0.3, -0.25) is 9.59 Å². The minimum absolute atomic E-state index is 0.312. The molecule has 0 unspecified atom stereocenters. The second-order valence-corrected chi connectivity index (χ2v) is 1.71. The molecular weight excluding hydrogens is 116 g/mol. The van der Waals surface area contributed by atoms with Crippen molar-refractivity contribution in [3.05, 3.63) is 12.2 Å². The summed E-state index contributed by atoms with van der Waals surface area (Å²) in [5.41, 5.74) is 0. The van der Waals surface area contributed by atoms with E-state index in [1.54, 1.807) is 6.08 Å². The van der Waals surface area contributed by atoms with Crippen molar-refractivity contribution in [2.45, 2.75) is 19.8 Å². The molecule has 0 bridgehead atoms. The Morgan fingerprint density at radius 3 is 2.67 bits per heavy atom. The Balaban J connectivity index is 3.44. The van der Waals surface area contributed by atoms with Gasteiger partial charge in [0.2, 0.25) is 5.78 Å². The van der Waals surface area contributed by atoms with E-state index in [1.165, 1.54) is 6.08 Å². The van der Waals surface area contributed by atoms with Crippen LogP contribution in [0.25, 0.3) is 0 Å². The van der Waals surface area contributed by atoms with Gasteiger partial charge in [-0.05, 0) is 12.5 Å². The third kappa shape index (κ3) is 4.94. The van der Waals surface area contributed by atoms with Gasteiger partial charge in [-0.25, -0.2) is 0 Å². The summed E-state index contributed by atoms with van der Waals surface area (Å²) in [6, 6.07) is 0. The molecule has 0 N–H and O–H groups in total. The minimum Gasteiger partial charge on any atom is -0.294 e. The topological polar surface area (TPSA) is 34.1 Å². The highest BCUT2D eigenvalue weighted by molar-refractivity contribution is 6.30. The fourth-order valence-corrected chi connectivity index (χ4v) is 0.405. The van der Waals surface area contributed by atoms with Crippen LogP contribution in [0.2, 0.25) is 0 Å². The Labute approximate surface area is 54.6 Å². The summed E-state index contributed by atoms with van der Waals surface area (Å²) in [5, 5.41) is 0. The number of carbonyl (C=O) groups is 2. The van der Waals surface area contributed by atoms with Crippen LogP contribution in [-0.4, -0.2) is 12.1 Å². The van der Waals surface area contributed by atoms with E-state index in [4.69, 9.17) is 0 Å². The number of carbonyl (C=O) groups excluding carboxylic acids is 2. The third-order valence-electron chi connectivity index (χ3n) is 0.854. The highest BCUT2D eigenvalue weighted by Gasteiger charge is 1.86. The average molecular weight is 126 g/mol. The van der Waals surface area contributed by atoms with Crippen LogP contribution in [0.5, 0.6) is 0 Å². The molecule has 0 amide bonds. The van der Waals surface area contributed by atoms with Crippen molar-refractivity contribution in [2.24, 2.45) is 0 Å². The van der Waals surface area contributed by atoms with Gasteiger partial charge in [0.05, 0.1) is 0 Å². The fraction of sp³-hybridized carbons (Fsp3) is 0.429. The van der Waals surface area contributed by atoms with E-state index >= 15 is 0 Å². The second-order valence-electron chi connectivity index (χ2n) is 1.71. The first kappa shape index (κ1) is 8.08. The second kappa shape index (κ2) is 5.22. The van der Waals surface area contributed by atoms with Crippen LogP contribution in [0, 0.1) is 0 Å². The van der Waals surface area contributed by atoms with Crippen molar-refractivity contribution in [1.82, 2.24) is 0 Å². The molecule has 0 aliphatic carbocycles. The average Bonchev–Trinajstić information content (AvgIpc) is 1.89. The number of allylic oxidation sites excluding steroid dienone is 2. The maximum Gasteiger partial charge on any atom is 0.217 e. The van der Waals surface area contributed by atoms with E-state index in [2.05, 4.69) is 0 Å². The lowest BCUT2D eigenvalue weighted by atomic mass is 10.3. The molecule has 2 heteroatoms. The molecule has 0 heterocycles. The normalized spacial score (nSPS) is 9.89. The van der Waals surface area contributed by atoms with Gasteiger partial charge in [0, 0.05) is 0 Å². The van der Waals surface area contributed by atoms with E-state index in [1.807, 2.05) is 6.92 Å². The van der Waals surface area contributed by atoms with Gasteiger partial charge in [-0.1, -0.05) is 19.4 Å². The minimum atomic E-state index is -0.455. The molecule has 0 aromatic rings. The molecule has 0 spiro atoms. The SMILES string of the molecule is CCCC=CC(=O)C=O. The van der Waals surface area contributed by atoms with Gasteiger partial charge in [0.1, 0.15) is 0 Å². The van der Waals surface area contributed by atoms with Gasteiger partial charge < -0.3 is 0 Å². The van der Waals surface area contributed by atoms with E-state index in [-0.39, 0.29) is 0 Å². The first-order valence-corrected chi connectivity index (χ1v) is 2.97. The summed E-state index contributed by atoms with van der Waals surface area (Å²) in [7, 11) is 0. The van der Waals surface area contributed by atoms with Gasteiger partial charge in [-0.2, -0.15) is 0 Å². The van der Waals surface area contributed by atoms with Crippen molar-refractivity contribution in [3.63, 3.8) is 0 Å². The predicted molar refractivity (Wildman–Crippen MR) is 35.1 cm³/mol. The number of ketones is 1. The molecule has 0 saturated heterocycles. The van der Waals surface area contributed by atoms with Crippen LogP contribution in [0.4, 0.5) is 0 Å². The van der Waals surface area contributed by atoms with E-state index in [9.17, 15) is 9.59 Å². The molecule has 2 nitrogen and oxygen atoms in total. The Morgan fingerprint density at radius 1 is 1.56 bits per heavy atom. The maximum absolute atomic E-state index is 10.2. The number of hydrogen-bond donors (Lipinski definition) is 0. The largest absolute Gasteiger partial charge is 0.294 e. The maximum atomic E-state index is 10.2. The van der Waals surface area contributed by atoms with Gasteiger partial charge in [0.15, 0.2) is 6.29 Å². The lowest BCUT2D eigenvalue weighted by molar-refractivity contribution is -0.126. The highest BCUT2D eigenvalue weighted by atomic mass is 16.2. The number of aldehydes is 1. The molecule has 0 aliphatic heterocycles. The first-order chi connectivity index (χ1) is 4.31. The summed E-state index contributed by atoms with van der Waals surface area (Å²) in [4.78, 5) is 19.9. The molecular formula is C7H10O2. The highest BCUT2D eigenvalue weighted by Crippen LogP contribution is 1.87. The van der Waals surface area contributed by atoms with Crippen LogP contribution in [0.1, 0.15) is 19.8 Å². The molecule has 50 valence electrons. The van der Waals surface area contributed by atoms with E-state index < -0.39 is 5.78 Å². The van der Waals surface area contributed by atoms with Crippen molar-refractivity contribution in [3.8, 4) is 0 Å². The summed E-state index contributed by atoms with van der Waals surface area (Å²) >= 11 is 0. The number of hydrogen-bond acceptors (Lipinski definition) is 2. The zero-order chi connectivity index (χ0) is 7.11. The molecule has 0 radical (unpaired) electrons. The third-order valence-corrected chi connectivity index (χ3v) is 0.854. The smallest absolute Gasteiger partial charge is 0.217 e. The Morgan fingerprint density at radius 2 is 2.22 bits per heavy atom.